The molecule has 22 heavy (non-hydrogen) atoms. The van der Waals surface area contributed by atoms with Crippen molar-refractivity contribution < 1.29 is 4.74 Å². The first-order valence-corrected chi connectivity index (χ1v) is 8.39. The molecule has 0 aliphatic rings. The van der Waals surface area contributed by atoms with E-state index >= 15 is 0 Å². The number of hydrogen-bond acceptors (Lipinski definition) is 4. The lowest BCUT2D eigenvalue weighted by Gasteiger charge is -2.26. The van der Waals surface area contributed by atoms with Gasteiger partial charge in [0, 0.05) is 32.7 Å². The standard InChI is InChI=1S/C18H33N3O/c1-6-11-21(12-7-2)17-9-8-16(14-18(17)22-5)15-19-10-13-20(3)4/h8-9,14,19H,6-7,10-13,15H2,1-5H3. The van der Waals surface area contributed by atoms with Gasteiger partial charge in [0.05, 0.1) is 12.8 Å². The molecule has 1 aromatic carbocycles. The minimum atomic E-state index is 0.881. The van der Waals surface area contributed by atoms with Crippen molar-refractivity contribution in [2.45, 2.75) is 33.2 Å². The van der Waals surface area contributed by atoms with Gasteiger partial charge in [-0.2, -0.15) is 0 Å². The average Bonchev–Trinajstić information content (AvgIpc) is 2.51. The molecule has 4 nitrogen and oxygen atoms in total. The van der Waals surface area contributed by atoms with Crippen molar-refractivity contribution in [3.05, 3.63) is 23.8 Å². The Morgan fingerprint density at radius 2 is 1.73 bits per heavy atom. The summed E-state index contributed by atoms with van der Waals surface area (Å²) in [6.45, 7) is 9.52. The number of methoxy groups -OCH3 is 1. The Morgan fingerprint density at radius 1 is 1.05 bits per heavy atom. The molecule has 0 unspecified atom stereocenters. The van der Waals surface area contributed by atoms with E-state index in [9.17, 15) is 0 Å². The van der Waals surface area contributed by atoms with Gasteiger partial charge in [-0.25, -0.2) is 0 Å². The van der Waals surface area contributed by atoms with Gasteiger partial charge < -0.3 is 19.9 Å². The largest absolute Gasteiger partial charge is 0.495 e. The second-order valence-electron chi connectivity index (χ2n) is 5.97. The zero-order valence-electron chi connectivity index (χ0n) is 15.0. The Labute approximate surface area is 136 Å². The molecular formula is C18H33N3O. The lowest BCUT2D eigenvalue weighted by Crippen LogP contribution is -2.26. The quantitative estimate of drug-likeness (QED) is 0.636. The molecule has 0 radical (unpaired) electrons. The maximum absolute atomic E-state index is 5.63. The van der Waals surface area contributed by atoms with Crippen LogP contribution in [0.25, 0.3) is 0 Å². The van der Waals surface area contributed by atoms with E-state index in [0.717, 1.165) is 51.3 Å². The zero-order valence-corrected chi connectivity index (χ0v) is 15.0. The molecule has 0 heterocycles. The Balaban J connectivity index is 2.72. The van der Waals surface area contributed by atoms with Crippen molar-refractivity contribution in [2.75, 3.05) is 52.3 Å². The van der Waals surface area contributed by atoms with Crippen LogP contribution in [0, 0.1) is 0 Å². The van der Waals surface area contributed by atoms with Crippen LogP contribution in [0.2, 0.25) is 0 Å². The number of nitrogens with one attached hydrogen (secondary N) is 1. The van der Waals surface area contributed by atoms with E-state index in [4.69, 9.17) is 4.74 Å². The van der Waals surface area contributed by atoms with Crippen LogP contribution < -0.4 is 15.0 Å². The molecule has 0 fully saturated rings. The number of likely N-dealkylation sites (N-methyl/N-ethyl adjacent to an activating group) is 1. The van der Waals surface area contributed by atoms with Crippen LogP contribution in [0.15, 0.2) is 18.2 Å². The maximum atomic E-state index is 5.63. The Morgan fingerprint density at radius 3 is 2.27 bits per heavy atom. The maximum Gasteiger partial charge on any atom is 0.142 e. The topological polar surface area (TPSA) is 27.7 Å². The first kappa shape index (κ1) is 18.8. The second kappa shape index (κ2) is 10.5. The number of benzene rings is 1. The number of hydrogen-bond donors (Lipinski definition) is 1. The molecule has 1 aromatic rings. The predicted molar refractivity (Wildman–Crippen MR) is 96.0 cm³/mol. The Kier molecular flexibility index (Phi) is 8.94. The molecule has 126 valence electrons. The molecule has 1 N–H and O–H groups in total. The smallest absolute Gasteiger partial charge is 0.142 e. The SMILES string of the molecule is CCCN(CCC)c1ccc(CNCCN(C)C)cc1OC. The van der Waals surface area contributed by atoms with Gasteiger partial charge in [0.2, 0.25) is 0 Å². The lowest BCUT2D eigenvalue weighted by molar-refractivity contribution is 0.399. The minimum Gasteiger partial charge on any atom is -0.495 e. The van der Waals surface area contributed by atoms with Crippen molar-refractivity contribution >= 4 is 5.69 Å². The fraction of sp³-hybridized carbons (Fsp3) is 0.667. The van der Waals surface area contributed by atoms with Crippen molar-refractivity contribution in [3.63, 3.8) is 0 Å². The third-order valence-electron chi connectivity index (χ3n) is 3.64. The number of rotatable bonds is 11. The molecule has 0 bridgehead atoms. The van der Waals surface area contributed by atoms with E-state index < -0.39 is 0 Å². The van der Waals surface area contributed by atoms with E-state index in [2.05, 4.69) is 61.3 Å². The molecule has 0 amide bonds. The third-order valence-corrected chi connectivity index (χ3v) is 3.64. The van der Waals surface area contributed by atoms with Crippen molar-refractivity contribution in [3.8, 4) is 5.75 Å². The summed E-state index contributed by atoms with van der Waals surface area (Å²) < 4.78 is 5.63. The van der Waals surface area contributed by atoms with Gasteiger partial charge in [-0.1, -0.05) is 19.9 Å². The van der Waals surface area contributed by atoms with Crippen LogP contribution in [0.3, 0.4) is 0 Å². The van der Waals surface area contributed by atoms with Gasteiger partial charge in [0.1, 0.15) is 5.75 Å². The molecular weight excluding hydrogens is 274 g/mol. The van der Waals surface area contributed by atoms with Gasteiger partial charge in [0.25, 0.3) is 0 Å². The summed E-state index contributed by atoms with van der Waals surface area (Å²) in [5, 5.41) is 3.47. The summed E-state index contributed by atoms with van der Waals surface area (Å²) in [7, 11) is 5.95. The highest BCUT2D eigenvalue weighted by Crippen LogP contribution is 2.29. The van der Waals surface area contributed by atoms with Crippen LogP contribution in [0.1, 0.15) is 32.3 Å². The van der Waals surface area contributed by atoms with E-state index in [1.165, 1.54) is 11.3 Å². The van der Waals surface area contributed by atoms with Crippen LogP contribution in [0.4, 0.5) is 5.69 Å². The van der Waals surface area contributed by atoms with E-state index in [1.807, 2.05) is 0 Å². The normalized spacial score (nSPS) is 11.0. The minimum absolute atomic E-state index is 0.881. The summed E-state index contributed by atoms with van der Waals surface area (Å²) in [5.41, 5.74) is 2.48. The molecule has 0 aliphatic carbocycles. The zero-order chi connectivity index (χ0) is 16.4. The summed E-state index contributed by atoms with van der Waals surface area (Å²) in [4.78, 5) is 4.60. The van der Waals surface area contributed by atoms with Crippen LogP contribution >= 0.6 is 0 Å². The highest BCUT2D eigenvalue weighted by molar-refractivity contribution is 5.59. The van der Waals surface area contributed by atoms with Gasteiger partial charge in [0.15, 0.2) is 0 Å². The second-order valence-corrected chi connectivity index (χ2v) is 5.97. The highest BCUT2D eigenvalue weighted by atomic mass is 16.5. The van der Waals surface area contributed by atoms with Gasteiger partial charge >= 0.3 is 0 Å². The fourth-order valence-electron chi connectivity index (χ4n) is 2.52. The molecule has 0 spiro atoms. The highest BCUT2D eigenvalue weighted by Gasteiger charge is 2.11. The summed E-state index contributed by atoms with van der Waals surface area (Å²) in [6.07, 6.45) is 2.30. The van der Waals surface area contributed by atoms with Gasteiger partial charge in [-0.15, -0.1) is 0 Å². The molecule has 0 saturated heterocycles. The molecule has 0 atom stereocenters. The molecule has 4 heteroatoms. The van der Waals surface area contributed by atoms with Gasteiger partial charge in [-0.05, 0) is 44.6 Å². The summed E-state index contributed by atoms with van der Waals surface area (Å²) >= 11 is 0. The number of anilines is 1. The molecule has 0 aromatic heterocycles. The first-order valence-electron chi connectivity index (χ1n) is 8.39. The summed E-state index contributed by atoms with van der Waals surface area (Å²) in [6, 6.07) is 6.57. The third kappa shape index (κ3) is 6.24. The van der Waals surface area contributed by atoms with E-state index in [-0.39, 0.29) is 0 Å². The lowest BCUT2D eigenvalue weighted by atomic mass is 10.1. The van der Waals surface area contributed by atoms with E-state index in [0.29, 0.717) is 0 Å². The Hall–Kier alpha value is -1.26. The fourth-order valence-corrected chi connectivity index (χ4v) is 2.52. The van der Waals surface area contributed by atoms with Crippen molar-refractivity contribution in [1.82, 2.24) is 10.2 Å². The van der Waals surface area contributed by atoms with Crippen LogP contribution in [-0.2, 0) is 6.54 Å². The van der Waals surface area contributed by atoms with Crippen molar-refractivity contribution in [2.24, 2.45) is 0 Å². The average molecular weight is 307 g/mol. The monoisotopic (exact) mass is 307 g/mol. The number of ether oxygens (including phenoxy) is 1. The first-order chi connectivity index (χ1) is 10.6. The van der Waals surface area contributed by atoms with Crippen molar-refractivity contribution in [1.29, 1.82) is 0 Å². The summed E-state index contributed by atoms with van der Waals surface area (Å²) in [5.74, 6) is 0.980. The molecule has 0 saturated carbocycles. The van der Waals surface area contributed by atoms with E-state index in [1.54, 1.807) is 7.11 Å². The predicted octanol–water partition coefficient (Wildman–Crippen LogP) is 2.97. The Bertz CT molecular complexity index is 415. The van der Waals surface area contributed by atoms with Gasteiger partial charge in [-0.3, -0.25) is 0 Å². The molecule has 1 rings (SSSR count). The number of nitrogens with zero attached hydrogens (tertiary/aromatic N) is 2. The van der Waals surface area contributed by atoms with Crippen LogP contribution in [-0.4, -0.2) is 52.3 Å². The molecule has 0 aliphatic heterocycles. The van der Waals surface area contributed by atoms with Crippen LogP contribution in [0.5, 0.6) is 5.75 Å².